The summed E-state index contributed by atoms with van der Waals surface area (Å²) >= 11 is 7.29. The van der Waals surface area contributed by atoms with Crippen molar-refractivity contribution in [1.29, 1.82) is 0 Å². The Kier molecular flexibility index (Phi) is 7.31. The largest absolute Gasteiger partial charge is 0.396 e. The van der Waals surface area contributed by atoms with E-state index in [0.29, 0.717) is 0 Å². The average Bonchev–Trinajstić information content (AvgIpc) is 2.60. The van der Waals surface area contributed by atoms with Crippen LogP contribution >= 0.6 is 47.0 Å². The lowest BCUT2D eigenvalue weighted by molar-refractivity contribution is 0.296. The lowest BCUT2D eigenvalue weighted by Crippen LogP contribution is -1.92. The Labute approximate surface area is 160 Å². The van der Waals surface area contributed by atoms with E-state index in [1.165, 1.54) is 29.4 Å². The van der Waals surface area contributed by atoms with Crippen molar-refractivity contribution in [2.24, 2.45) is 0 Å². The number of benzene rings is 2. The molecule has 0 aromatic heterocycles. The van der Waals surface area contributed by atoms with Gasteiger partial charge in [-0.1, -0.05) is 23.5 Å². The van der Waals surface area contributed by atoms with Crippen LogP contribution < -0.4 is 0 Å². The van der Waals surface area contributed by atoms with Crippen LogP contribution in [0.15, 0.2) is 65.8 Å². The van der Waals surface area contributed by atoms with Crippen LogP contribution in [0.1, 0.15) is 12.8 Å². The fraction of sp³-hybridized carbons (Fsp3) is 0.333. The first-order chi connectivity index (χ1) is 11.8. The smallest absolute Gasteiger partial charge is 0.0439 e. The lowest BCUT2D eigenvalue weighted by Gasteiger charge is -2.19. The van der Waals surface area contributed by atoms with Crippen molar-refractivity contribution in [3.05, 3.63) is 36.4 Å². The summed E-state index contributed by atoms with van der Waals surface area (Å²) in [5.41, 5.74) is 0. The molecule has 2 aromatic carbocycles. The number of rotatable bonds is 8. The molecule has 24 heavy (non-hydrogen) atoms. The second-order valence-corrected chi connectivity index (χ2v) is 9.78. The molecule has 1 aliphatic rings. The topological polar surface area (TPSA) is 40.5 Å². The van der Waals surface area contributed by atoms with Gasteiger partial charge in [0.05, 0.1) is 0 Å². The number of thioether (sulfide) groups is 2. The molecule has 1 heterocycles. The third-order valence-corrected chi connectivity index (χ3v) is 8.10. The summed E-state index contributed by atoms with van der Waals surface area (Å²) in [5, 5.41) is 17.8. The number of hydrogen-bond donors (Lipinski definition) is 2. The molecule has 0 spiro atoms. The number of aliphatic hydroxyl groups excluding tert-OH is 2. The molecule has 2 aromatic rings. The standard InChI is InChI=1S/C18H20O2S4/c19-7-1-9-21-13-3-5-15-17(11-13)23-16-6-4-14(12-18(16)24-15)22-10-2-8-20/h3-6,11-12,19-20H,1-2,7-10H2. The SMILES string of the molecule is OCCCSc1ccc2c(c1)Sc1ccc(SCCCO)cc1S2. The fourth-order valence-corrected chi connectivity index (χ4v) is 6.40. The van der Waals surface area contributed by atoms with Gasteiger partial charge in [0.1, 0.15) is 0 Å². The van der Waals surface area contributed by atoms with Crippen LogP contribution in [0.4, 0.5) is 0 Å². The van der Waals surface area contributed by atoms with Crippen molar-refractivity contribution in [2.45, 2.75) is 42.2 Å². The number of hydrogen-bond acceptors (Lipinski definition) is 6. The second-order valence-electron chi connectivity index (χ2n) is 5.27. The van der Waals surface area contributed by atoms with Gasteiger partial charge in [-0.05, 0) is 49.2 Å². The summed E-state index contributed by atoms with van der Waals surface area (Å²) in [6.45, 7) is 0.517. The van der Waals surface area contributed by atoms with Crippen LogP contribution in [0.3, 0.4) is 0 Å². The quantitative estimate of drug-likeness (QED) is 0.400. The number of fused-ring (bicyclic) bond motifs is 2. The van der Waals surface area contributed by atoms with Crippen LogP contribution in [-0.2, 0) is 0 Å². The van der Waals surface area contributed by atoms with E-state index in [0.717, 1.165) is 24.3 Å². The molecule has 1 aliphatic heterocycles. The predicted molar refractivity (Wildman–Crippen MR) is 106 cm³/mol. The highest BCUT2D eigenvalue weighted by Gasteiger charge is 2.18. The fourth-order valence-electron chi connectivity index (χ4n) is 2.23. The van der Waals surface area contributed by atoms with Crippen LogP contribution in [0.5, 0.6) is 0 Å². The Morgan fingerprint density at radius 1 is 0.667 bits per heavy atom. The van der Waals surface area contributed by atoms with Crippen molar-refractivity contribution in [3.8, 4) is 0 Å². The summed E-state index contributed by atoms with van der Waals surface area (Å²) in [6.07, 6.45) is 1.67. The Hall–Kier alpha value is -0.240. The first-order valence-corrected chi connectivity index (χ1v) is 11.5. The monoisotopic (exact) mass is 396 g/mol. The Morgan fingerprint density at radius 3 is 1.54 bits per heavy atom. The molecule has 2 nitrogen and oxygen atoms in total. The minimum Gasteiger partial charge on any atom is -0.396 e. The molecule has 0 atom stereocenters. The van der Waals surface area contributed by atoms with Gasteiger partial charge in [0.25, 0.3) is 0 Å². The molecule has 0 radical (unpaired) electrons. The van der Waals surface area contributed by atoms with E-state index >= 15 is 0 Å². The number of aliphatic hydroxyl groups is 2. The summed E-state index contributed by atoms with van der Waals surface area (Å²) in [6, 6.07) is 13.3. The lowest BCUT2D eigenvalue weighted by atomic mass is 10.3. The summed E-state index contributed by atoms with van der Waals surface area (Å²) in [4.78, 5) is 7.82. The van der Waals surface area contributed by atoms with Gasteiger partial charge in [0, 0.05) is 54.1 Å². The molecule has 0 saturated heterocycles. The normalized spacial score (nSPS) is 12.8. The zero-order valence-corrected chi connectivity index (χ0v) is 16.5. The van der Waals surface area contributed by atoms with Crippen LogP contribution in [0.25, 0.3) is 0 Å². The molecule has 0 saturated carbocycles. The third-order valence-electron chi connectivity index (χ3n) is 3.41. The summed E-state index contributed by atoms with van der Waals surface area (Å²) in [5.74, 6) is 1.91. The van der Waals surface area contributed by atoms with Gasteiger partial charge in [-0.15, -0.1) is 23.5 Å². The highest BCUT2D eigenvalue weighted by atomic mass is 32.2. The first-order valence-electron chi connectivity index (χ1n) is 7.91. The van der Waals surface area contributed by atoms with Crippen molar-refractivity contribution >= 4 is 47.0 Å². The van der Waals surface area contributed by atoms with E-state index in [2.05, 4.69) is 36.4 Å². The molecule has 0 fully saturated rings. The first kappa shape index (κ1) is 18.5. The van der Waals surface area contributed by atoms with Crippen molar-refractivity contribution in [3.63, 3.8) is 0 Å². The minimum atomic E-state index is 0.258. The molecule has 2 N–H and O–H groups in total. The van der Waals surface area contributed by atoms with Crippen molar-refractivity contribution in [2.75, 3.05) is 24.7 Å². The van der Waals surface area contributed by atoms with Crippen LogP contribution in [0.2, 0.25) is 0 Å². The van der Waals surface area contributed by atoms with Crippen LogP contribution in [0, 0.1) is 0 Å². The maximum absolute atomic E-state index is 8.90. The van der Waals surface area contributed by atoms with E-state index in [4.69, 9.17) is 10.2 Å². The van der Waals surface area contributed by atoms with E-state index in [1.54, 1.807) is 23.5 Å². The Bertz CT molecular complexity index is 631. The molecule has 0 bridgehead atoms. The predicted octanol–water partition coefficient (Wildman–Crippen LogP) is 5.25. The van der Waals surface area contributed by atoms with Gasteiger partial charge in [-0.3, -0.25) is 0 Å². The molecule has 6 heteroatoms. The highest BCUT2D eigenvalue weighted by molar-refractivity contribution is 8.05. The molecule has 0 aliphatic carbocycles. The third kappa shape index (κ3) is 4.90. The van der Waals surface area contributed by atoms with E-state index in [1.807, 2.05) is 23.5 Å². The zero-order chi connectivity index (χ0) is 16.8. The molecular weight excluding hydrogens is 376 g/mol. The molecule has 0 amide bonds. The maximum atomic E-state index is 8.90. The summed E-state index contributed by atoms with van der Waals surface area (Å²) in [7, 11) is 0. The van der Waals surface area contributed by atoms with Gasteiger partial charge < -0.3 is 10.2 Å². The van der Waals surface area contributed by atoms with Gasteiger partial charge in [0.15, 0.2) is 0 Å². The van der Waals surface area contributed by atoms with Gasteiger partial charge in [0.2, 0.25) is 0 Å². The summed E-state index contributed by atoms with van der Waals surface area (Å²) < 4.78 is 0. The van der Waals surface area contributed by atoms with Crippen LogP contribution in [-0.4, -0.2) is 34.9 Å². The molecular formula is C18H20O2S4. The van der Waals surface area contributed by atoms with Crippen molar-refractivity contribution < 1.29 is 10.2 Å². The minimum absolute atomic E-state index is 0.258. The average molecular weight is 397 g/mol. The Balaban J connectivity index is 1.69. The van der Waals surface area contributed by atoms with E-state index in [-0.39, 0.29) is 13.2 Å². The molecule has 128 valence electrons. The maximum Gasteiger partial charge on any atom is 0.0439 e. The van der Waals surface area contributed by atoms with Crippen molar-refractivity contribution in [1.82, 2.24) is 0 Å². The van der Waals surface area contributed by atoms with E-state index < -0.39 is 0 Å². The van der Waals surface area contributed by atoms with Gasteiger partial charge in [-0.2, -0.15) is 0 Å². The van der Waals surface area contributed by atoms with Gasteiger partial charge in [-0.25, -0.2) is 0 Å². The second kappa shape index (κ2) is 9.46. The Morgan fingerprint density at radius 2 is 1.12 bits per heavy atom. The van der Waals surface area contributed by atoms with E-state index in [9.17, 15) is 0 Å². The van der Waals surface area contributed by atoms with Gasteiger partial charge >= 0.3 is 0 Å². The molecule has 3 rings (SSSR count). The zero-order valence-electron chi connectivity index (χ0n) is 13.2. The highest BCUT2D eigenvalue weighted by Crippen LogP contribution is 2.50. The molecule has 0 unspecified atom stereocenters.